The van der Waals surface area contributed by atoms with E-state index in [0.29, 0.717) is 0 Å². The van der Waals surface area contributed by atoms with Crippen molar-refractivity contribution in [2.24, 2.45) is 0 Å². The predicted molar refractivity (Wildman–Crippen MR) is 193 cm³/mol. The maximum Gasteiger partial charge on any atom is 0.238 e. The molecule has 0 fully saturated rings. The first-order valence-electron chi connectivity index (χ1n) is 15.7. The second-order valence-electron chi connectivity index (χ2n) is 12.6. The van der Waals surface area contributed by atoms with Crippen LogP contribution in [-0.2, 0) is 0 Å². The summed E-state index contributed by atoms with van der Waals surface area (Å²) in [5, 5.41) is 0. The molecule has 0 saturated carbocycles. The fraction of sp³-hybridized carbons (Fsp3) is 0.150. The molecule has 7 rings (SSSR count). The molecule has 2 nitrogen and oxygen atoms in total. The van der Waals surface area contributed by atoms with Crippen molar-refractivity contribution in [3.63, 3.8) is 0 Å². The van der Waals surface area contributed by atoms with E-state index in [4.69, 9.17) is 0 Å². The summed E-state index contributed by atoms with van der Waals surface area (Å²) in [7, 11) is 0. The topological polar surface area (TPSA) is 6.48 Å². The van der Waals surface area contributed by atoms with Gasteiger partial charge in [0.25, 0.3) is 0 Å². The number of hydrogen-bond acceptors (Lipinski definition) is 2. The van der Waals surface area contributed by atoms with E-state index in [2.05, 4.69) is 173 Å². The fourth-order valence-corrected chi connectivity index (χ4v) is 7.73. The molecule has 44 heavy (non-hydrogen) atoms. The quantitative estimate of drug-likeness (QED) is 0.212. The van der Waals surface area contributed by atoms with Crippen molar-refractivity contribution >= 4 is 58.0 Å². The van der Waals surface area contributed by atoms with Crippen LogP contribution in [0.5, 0.6) is 0 Å². The maximum atomic E-state index is 2.52. The Labute approximate surface area is 263 Å². The molecule has 0 aliphatic carbocycles. The summed E-state index contributed by atoms with van der Waals surface area (Å²) in [5.74, 6) is 4.80. The van der Waals surface area contributed by atoms with E-state index in [1.807, 2.05) is 0 Å². The first-order chi connectivity index (χ1) is 21.3. The lowest BCUT2D eigenvalue weighted by atomic mass is 9.34. The highest BCUT2D eigenvalue weighted by molar-refractivity contribution is 6.94. The van der Waals surface area contributed by atoms with E-state index < -0.39 is 0 Å². The number of nitrogens with zero attached hydrogens (tertiary/aromatic N) is 2. The summed E-state index contributed by atoms with van der Waals surface area (Å²) in [6.07, 6.45) is 4.56. The zero-order valence-electron chi connectivity index (χ0n) is 26.6. The number of rotatable bonds is 4. The molecule has 0 bridgehead atoms. The largest absolute Gasteiger partial charge is 0.319 e. The van der Waals surface area contributed by atoms with E-state index in [0.717, 1.165) is 0 Å². The van der Waals surface area contributed by atoms with Crippen LogP contribution in [0.3, 0.4) is 0 Å². The SMILES string of the molecule is Cc1cc(C)c(B2C=CN(c3ccccc3)c3cc4c(cc32)B(c2c(C)cc(C)cc2C)C=CN4c2ccccc2)c(C)c1. The molecule has 0 atom stereocenters. The summed E-state index contributed by atoms with van der Waals surface area (Å²) in [4.78, 5) is 4.73. The zero-order valence-corrected chi connectivity index (χ0v) is 26.6. The third kappa shape index (κ3) is 4.79. The lowest BCUT2D eigenvalue weighted by Gasteiger charge is -2.37. The molecular formula is C40H38B2N2. The van der Waals surface area contributed by atoms with Crippen molar-refractivity contribution in [2.75, 3.05) is 9.80 Å². The van der Waals surface area contributed by atoms with Crippen LogP contribution in [0.1, 0.15) is 33.4 Å². The van der Waals surface area contributed by atoms with Crippen LogP contribution in [0.2, 0.25) is 0 Å². The van der Waals surface area contributed by atoms with Crippen molar-refractivity contribution in [1.29, 1.82) is 0 Å². The van der Waals surface area contributed by atoms with Crippen LogP contribution in [-0.4, -0.2) is 13.4 Å². The van der Waals surface area contributed by atoms with Crippen LogP contribution >= 0.6 is 0 Å². The Morgan fingerprint density at radius 3 is 1.16 bits per heavy atom. The fourth-order valence-electron chi connectivity index (χ4n) is 7.73. The third-order valence-electron chi connectivity index (χ3n) is 9.39. The molecule has 5 aromatic carbocycles. The first-order valence-corrected chi connectivity index (χ1v) is 15.7. The number of benzene rings is 5. The molecule has 214 valence electrons. The van der Waals surface area contributed by atoms with E-state index in [1.54, 1.807) is 0 Å². The maximum absolute atomic E-state index is 2.52. The summed E-state index contributed by atoms with van der Waals surface area (Å²) in [5.41, 5.74) is 18.3. The van der Waals surface area contributed by atoms with Gasteiger partial charge in [0, 0.05) is 22.7 Å². The number of anilines is 4. The van der Waals surface area contributed by atoms with Gasteiger partial charge in [0.05, 0.1) is 0 Å². The van der Waals surface area contributed by atoms with Gasteiger partial charge in [-0.25, -0.2) is 0 Å². The van der Waals surface area contributed by atoms with Gasteiger partial charge < -0.3 is 9.80 Å². The molecule has 2 aliphatic rings. The molecule has 0 amide bonds. The van der Waals surface area contributed by atoms with Crippen molar-refractivity contribution in [3.05, 3.63) is 155 Å². The van der Waals surface area contributed by atoms with Gasteiger partial charge >= 0.3 is 0 Å². The van der Waals surface area contributed by atoms with Gasteiger partial charge in [-0.3, -0.25) is 0 Å². The van der Waals surface area contributed by atoms with Crippen molar-refractivity contribution in [3.8, 4) is 0 Å². The molecule has 5 aromatic rings. The van der Waals surface area contributed by atoms with Gasteiger partial charge in [-0.05, 0) is 95.2 Å². The number of hydrogen-bond donors (Lipinski definition) is 0. The lowest BCUT2D eigenvalue weighted by molar-refractivity contribution is 1.25. The van der Waals surface area contributed by atoms with E-state index in [1.165, 1.54) is 78.0 Å². The zero-order chi connectivity index (χ0) is 30.5. The van der Waals surface area contributed by atoms with E-state index in [9.17, 15) is 0 Å². The van der Waals surface area contributed by atoms with Crippen LogP contribution in [0.25, 0.3) is 0 Å². The minimum atomic E-state index is 0.160. The van der Waals surface area contributed by atoms with Gasteiger partial charge in [-0.15, -0.1) is 0 Å². The average Bonchev–Trinajstić information content (AvgIpc) is 3.00. The summed E-state index contributed by atoms with van der Waals surface area (Å²) < 4.78 is 0. The molecule has 0 spiro atoms. The van der Waals surface area contributed by atoms with Crippen molar-refractivity contribution < 1.29 is 0 Å². The highest BCUT2D eigenvalue weighted by atomic mass is 15.1. The third-order valence-corrected chi connectivity index (χ3v) is 9.39. The van der Waals surface area contributed by atoms with Crippen LogP contribution < -0.4 is 31.7 Å². The standard InChI is InChI=1S/C40H38B2N2/c1-27-21-29(3)39(30(4)22-27)41-17-19-43(33-13-9-7-10-14-33)37-26-38-36(25-35(37)41)42(40-31(5)23-28(2)24-32(40)6)18-20-44(38)34-15-11-8-12-16-34/h7-26H,1-6H3. The van der Waals surface area contributed by atoms with Crippen molar-refractivity contribution in [2.45, 2.75) is 41.5 Å². The molecular weight excluding hydrogens is 530 g/mol. The molecule has 0 N–H and O–H groups in total. The Bertz CT molecular complexity index is 1760. The van der Waals surface area contributed by atoms with Gasteiger partial charge in [-0.1, -0.05) is 123 Å². The van der Waals surface area contributed by atoms with Gasteiger partial charge in [0.1, 0.15) is 0 Å². The minimum absolute atomic E-state index is 0.160. The molecule has 0 radical (unpaired) electrons. The van der Waals surface area contributed by atoms with Gasteiger partial charge in [0.2, 0.25) is 13.4 Å². The molecule has 0 aromatic heterocycles. The Morgan fingerprint density at radius 1 is 0.432 bits per heavy atom. The number of para-hydroxylation sites is 2. The summed E-state index contributed by atoms with van der Waals surface area (Å²) in [6, 6.07) is 35.8. The minimum Gasteiger partial charge on any atom is -0.319 e. The van der Waals surface area contributed by atoms with Gasteiger partial charge in [0.15, 0.2) is 0 Å². The molecule has 2 heterocycles. The number of fused-ring (bicyclic) bond motifs is 2. The van der Waals surface area contributed by atoms with Crippen molar-refractivity contribution in [1.82, 2.24) is 0 Å². The van der Waals surface area contributed by atoms with Crippen LogP contribution in [0.4, 0.5) is 22.7 Å². The highest BCUT2D eigenvalue weighted by Crippen LogP contribution is 2.35. The number of aryl methyl sites for hydroxylation is 6. The summed E-state index contributed by atoms with van der Waals surface area (Å²) >= 11 is 0. The Morgan fingerprint density at radius 2 is 0.795 bits per heavy atom. The van der Waals surface area contributed by atoms with Crippen LogP contribution in [0, 0.1) is 41.5 Å². The van der Waals surface area contributed by atoms with E-state index >= 15 is 0 Å². The molecule has 2 aliphatic heterocycles. The smallest absolute Gasteiger partial charge is 0.238 e. The average molecular weight is 568 g/mol. The first kappa shape index (κ1) is 28.1. The Balaban J connectivity index is 1.52. The van der Waals surface area contributed by atoms with E-state index in [-0.39, 0.29) is 13.4 Å². The Kier molecular flexibility index (Phi) is 7.09. The highest BCUT2D eigenvalue weighted by Gasteiger charge is 2.35. The normalized spacial score (nSPS) is 13.8. The Hall–Kier alpha value is -4.69. The second-order valence-corrected chi connectivity index (χ2v) is 12.6. The molecule has 4 heteroatoms. The lowest BCUT2D eigenvalue weighted by Crippen LogP contribution is -2.53. The van der Waals surface area contributed by atoms with Crippen LogP contribution in [0.15, 0.2) is 121 Å². The second kappa shape index (κ2) is 11.1. The predicted octanol–water partition coefficient (Wildman–Crippen LogP) is 7.16. The monoisotopic (exact) mass is 568 g/mol. The van der Waals surface area contributed by atoms with Gasteiger partial charge in [-0.2, -0.15) is 0 Å². The molecule has 0 saturated heterocycles. The molecule has 0 unspecified atom stereocenters. The summed E-state index contributed by atoms with van der Waals surface area (Å²) in [6.45, 7) is 13.8.